The van der Waals surface area contributed by atoms with Crippen molar-refractivity contribution < 1.29 is 4.79 Å². The molecule has 0 saturated heterocycles. The number of fused-ring (bicyclic) bond motifs is 1. The molecule has 2 aromatic carbocycles. The van der Waals surface area contributed by atoms with Crippen LogP contribution < -0.4 is 0 Å². The molecule has 26 heavy (non-hydrogen) atoms. The summed E-state index contributed by atoms with van der Waals surface area (Å²) in [4.78, 5) is 15.2. The molecule has 0 aliphatic heterocycles. The molecule has 5 nitrogen and oxygen atoms in total. The first-order valence-electron chi connectivity index (χ1n) is 9.41. The molecule has 3 aromatic rings. The third kappa shape index (κ3) is 3.21. The third-order valence-electron chi connectivity index (χ3n) is 5.09. The third-order valence-corrected chi connectivity index (χ3v) is 5.09. The quantitative estimate of drug-likeness (QED) is 0.680. The van der Waals surface area contributed by atoms with Gasteiger partial charge >= 0.3 is 0 Å². The van der Waals surface area contributed by atoms with E-state index in [0.29, 0.717) is 18.2 Å². The largest absolute Gasteiger partial charge is 0.331 e. The Balaban J connectivity index is 1.58. The highest BCUT2D eigenvalue weighted by Gasteiger charge is 2.33. The van der Waals surface area contributed by atoms with Gasteiger partial charge in [-0.2, -0.15) is 0 Å². The molecule has 5 heteroatoms. The number of amides is 1. The average molecular weight is 348 g/mol. The van der Waals surface area contributed by atoms with Crippen molar-refractivity contribution in [1.29, 1.82) is 0 Å². The monoisotopic (exact) mass is 348 g/mol. The van der Waals surface area contributed by atoms with E-state index in [2.05, 4.69) is 41.5 Å². The van der Waals surface area contributed by atoms with Crippen molar-refractivity contribution in [2.75, 3.05) is 0 Å². The summed E-state index contributed by atoms with van der Waals surface area (Å²) in [5, 5.41) is 8.33. The minimum atomic E-state index is 0.0833. The second-order valence-corrected chi connectivity index (χ2v) is 6.94. The van der Waals surface area contributed by atoms with Gasteiger partial charge in [0.25, 0.3) is 5.91 Å². The van der Waals surface area contributed by atoms with Crippen molar-refractivity contribution in [2.24, 2.45) is 0 Å². The van der Waals surface area contributed by atoms with Crippen molar-refractivity contribution >= 4 is 16.9 Å². The molecule has 0 bridgehead atoms. The van der Waals surface area contributed by atoms with Gasteiger partial charge in [-0.15, -0.1) is 5.10 Å². The number of hydrogen-bond donors (Lipinski definition) is 0. The zero-order chi connectivity index (χ0) is 18.1. The molecule has 0 N–H and O–H groups in total. The summed E-state index contributed by atoms with van der Waals surface area (Å²) < 4.78 is 1.84. The molecular formula is C21H24N4O. The lowest BCUT2D eigenvalue weighted by molar-refractivity contribution is 0.0730. The van der Waals surface area contributed by atoms with Crippen molar-refractivity contribution in [3.8, 4) is 0 Å². The van der Waals surface area contributed by atoms with Crippen LogP contribution in [0, 0.1) is 0 Å². The molecule has 0 atom stereocenters. The van der Waals surface area contributed by atoms with Crippen LogP contribution >= 0.6 is 0 Å². The smallest absolute Gasteiger partial charge is 0.254 e. The number of aryl methyl sites for hydroxylation is 2. The summed E-state index contributed by atoms with van der Waals surface area (Å²) in [5.74, 6) is 0.0833. The SMILES string of the molecule is CCc1ccc(CN(C(=O)c2ccc3c(c2)nnn3CC)C2CC2)cc1. The van der Waals surface area contributed by atoms with Crippen LogP contribution in [0.2, 0.25) is 0 Å². The lowest BCUT2D eigenvalue weighted by atomic mass is 10.1. The summed E-state index contributed by atoms with van der Waals surface area (Å²) in [6.45, 7) is 5.62. The predicted octanol–water partition coefficient (Wildman–Crippen LogP) is 3.82. The summed E-state index contributed by atoms with van der Waals surface area (Å²) in [6, 6.07) is 14.7. The number of nitrogens with zero attached hydrogens (tertiary/aromatic N) is 4. The van der Waals surface area contributed by atoms with E-state index in [-0.39, 0.29) is 5.91 Å². The van der Waals surface area contributed by atoms with Crippen LogP contribution in [0.4, 0.5) is 0 Å². The van der Waals surface area contributed by atoms with Crippen LogP contribution in [0.15, 0.2) is 42.5 Å². The van der Waals surface area contributed by atoms with Crippen LogP contribution in [-0.4, -0.2) is 31.8 Å². The van der Waals surface area contributed by atoms with E-state index in [1.807, 2.05) is 34.7 Å². The first-order valence-corrected chi connectivity index (χ1v) is 9.41. The molecule has 0 radical (unpaired) electrons. The van der Waals surface area contributed by atoms with Gasteiger partial charge < -0.3 is 4.90 Å². The lowest BCUT2D eigenvalue weighted by Crippen LogP contribution is -2.32. The maximum absolute atomic E-state index is 13.1. The van der Waals surface area contributed by atoms with Crippen LogP contribution in [0.3, 0.4) is 0 Å². The van der Waals surface area contributed by atoms with Crippen molar-refractivity contribution in [1.82, 2.24) is 19.9 Å². The van der Waals surface area contributed by atoms with Gasteiger partial charge in [-0.25, -0.2) is 4.68 Å². The Bertz CT molecular complexity index is 925. The van der Waals surface area contributed by atoms with Gasteiger partial charge in [0, 0.05) is 24.7 Å². The number of aromatic nitrogens is 3. The number of benzene rings is 2. The molecule has 0 unspecified atom stereocenters. The minimum absolute atomic E-state index is 0.0833. The topological polar surface area (TPSA) is 51.0 Å². The molecule has 134 valence electrons. The first kappa shape index (κ1) is 16.8. The molecule has 1 saturated carbocycles. The van der Waals surface area contributed by atoms with Crippen molar-refractivity contribution in [2.45, 2.75) is 52.2 Å². The number of carbonyl (C=O) groups excluding carboxylic acids is 1. The highest BCUT2D eigenvalue weighted by atomic mass is 16.2. The summed E-state index contributed by atoms with van der Waals surface area (Å²) in [5.41, 5.74) is 4.94. The summed E-state index contributed by atoms with van der Waals surface area (Å²) >= 11 is 0. The molecule has 0 spiro atoms. The fraction of sp³-hybridized carbons (Fsp3) is 0.381. The second kappa shape index (κ2) is 6.90. The molecule has 1 aromatic heterocycles. The highest BCUT2D eigenvalue weighted by Crippen LogP contribution is 2.30. The summed E-state index contributed by atoms with van der Waals surface area (Å²) in [6.07, 6.45) is 3.21. The Labute approximate surface area is 153 Å². The lowest BCUT2D eigenvalue weighted by Gasteiger charge is -2.23. The highest BCUT2D eigenvalue weighted by molar-refractivity contribution is 5.97. The second-order valence-electron chi connectivity index (χ2n) is 6.94. The molecule has 1 amide bonds. The first-order chi connectivity index (χ1) is 12.7. The molecule has 1 aliphatic carbocycles. The van der Waals surface area contributed by atoms with E-state index < -0.39 is 0 Å². The Kier molecular flexibility index (Phi) is 4.45. The number of rotatable bonds is 6. The maximum Gasteiger partial charge on any atom is 0.254 e. The fourth-order valence-corrected chi connectivity index (χ4v) is 3.33. The summed E-state index contributed by atoms with van der Waals surface area (Å²) in [7, 11) is 0. The Hall–Kier alpha value is -2.69. The van der Waals surface area contributed by atoms with Gasteiger partial charge in [-0.05, 0) is 55.5 Å². The molecular weight excluding hydrogens is 324 g/mol. The van der Waals surface area contributed by atoms with E-state index in [9.17, 15) is 4.79 Å². The Morgan fingerprint density at radius 3 is 2.50 bits per heavy atom. The standard InChI is InChI=1S/C21H24N4O/c1-3-15-5-7-16(8-6-15)14-24(18-10-11-18)21(26)17-9-12-20-19(13-17)22-23-25(20)4-2/h5-9,12-13,18H,3-4,10-11,14H2,1-2H3. The van der Waals surface area contributed by atoms with Gasteiger partial charge in [0.05, 0.1) is 5.52 Å². The van der Waals surface area contributed by atoms with Crippen molar-refractivity contribution in [3.63, 3.8) is 0 Å². The number of hydrogen-bond acceptors (Lipinski definition) is 3. The van der Waals surface area contributed by atoms with E-state index in [1.165, 1.54) is 11.1 Å². The van der Waals surface area contributed by atoms with E-state index in [1.54, 1.807) is 0 Å². The van der Waals surface area contributed by atoms with Gasteiger partial charge in [0.15, 0.2) is 0 Å². The maximum atomic E-state index is 13.1. The normalized spacial score (nSPS) is 13.9. The van der Waals surface area contributed by atoms with Crippen LogP contribution in [-0.2, 0) is 19.5 Å². The van der Waals surface area contributed by atoms with Gasteiger partial charge in [0.2, 0.25) is 0 Å². The van der Waals surface area contributed by atoms with E-state index in [0.717, 1.165) is 36.8 Å². The van der Waals surface area contributed by atoms with Gasteiger partial charge in [-0.3, -0.25) is 4.79 Å². The van der Waals surface area contributed by atoms with Crippen molar-refractivity contribution in [3.05, 3.63) is 59.2 Å². The average Bonchev–Trinajstić information content (AvgIpc) is 3.44. The van der Waals surface area contributed by atoms with Gasteiger partial charge in [-0.1, -0.05) is 36.4 Å². The van der Waals surface area contributed by atoms with Crippen LogP contribution in [0.5, 0.6) is 0 Å². The Morgan fingerprint density at radius 2 is 1.85 bits per heavy atom. The zero-order valence-electron chi connectivity index (χ0n) is 15.4. The Morgan fingerprint density at radius 1 is 1.12 bits per heavy atom. The fourth-order valence-electron chi connectivity index (χ4n) is 3.33. The van der Waals surface area contributed by atoms with Gasteiger partial charge in [0.1, 0.15) is 5.52 Å². The molecule has 1 fully saturated rings. The molecule has 1 heterocycles. The minimum Gasteiger partial charge on any atom is -0.331 e. The zero-order valence-corrected chi connectivity index (χ0v) is 15.4. The number of carbonyl (C=O) groups is 1. The molecule has 1 aliphatic rings. The predicted molar refractivity (Wildman–Crippen MR) is 102 cm³/mol. The van der Waals surface area contributed by atoms with E-state index in [4.69, 9.17) is 0 Å². The van der Waals surface area contributed by atoms with E-state index >= 15 is 0 Å². The van der Waals surface area contributed by atoms with Crippen LogP contribution in [0.1, 0.15) is 48.2 Å². The van der Waals surface area contributed by atoms with Crippen LogP contribution in [0.25, 0.3) is 11.0 Å². The molecule has 4 rings (SSSR count).